The fraction of sp³-hybridized carbons (Fsp3) is 0. The summed E-state index contributed by atoms with van der Waals surface area (Å²) in [5.74, 6) is -1.18. The van der Waals surface area contributed by atoms with Gasteiger partial charge in [-0.3, -0.25) is 25.2 Å². The number of hydrogen-bond acceptors (Lipinski definition) is 4. The maximum absolute atomic E-state index is 12.7. The number of halogens is 1. The number of anilines is 1. The first kappa shape index (κ1) is 21.4. The van der Waals surface area contributed by atoms with Crippen LogP contribution >= 0.6 is 11.6 Å². The van der Waals surface area contributed by atoms with Crippen LogP contribution in [0, 0.1) is 0 Å². The molecule has 0 unspecified atom stereocenters. The van der Waals surface area contributed by atoms with Crippen molar-refractivity contribution in [1.82, 2.24) is 15.8 Å². The molecule has 0 saturated heterocycles. The molecular weight excluding hydrogens is 452 g/mol. The first-order valence-corrected chi connectivity index (χ1v) is 11.2. The predicted octanol–water partition coefficient (Wildman–Crippen LogP) is 3.70. The van der Waals surface area contributed by atoms with Crippen LogP contribution in [0.25, 0.3) is 10.9 Å². The SMILES string of the molecule is O=C(NNC(=O)c1c[nH]c2ccccc12)c1cccc(S(=O)(=O)Nc2cccc(Cl)c2)c1. The molecule has 1 aromatic heterocycles. The van der Waals surface area contributed by atoms with Gasteiger partial charge in [-0.2, -0.15) is 0 Å². The molecule has 0 saturated carbocycles. The van der Waals surface area contributed by atoms with Gasteiger partial charge in [0.05, 0.1) is 16.1 Å². The molecule has 0 radical (unpaired) electrons. The summed E-state index contributed by atoms with van der Waals surface area (Å²) in [6, 6.07) is 18.9. The number of carbonyl (C=O) groups is 2. The Bertz CT molecular complexity index is 1430. The lowest BCUT2D eigenvalue weighted by Gasteiger charge is -2.10. The highest BCUT2D eigenvalue weighted by atomic mass is 35.5. The molecule has 32 heavy (non-hydrogen) atoms. The van der Waals surface area contributed by atoms with Crippen molar-refractivity contribution in [1.29, 1.82) is 0 Å². The van der Waals surface area contributed by atoms with E-state index in [1.807, 2.05) is 12.1 Å². The second-order valence-electron chi connectivity index (χ2n) is 6.80. The number of aromatic amines is 1. The van der Waals surface area contributed by atoms with Gasteiger partial charge in [0.1, 0.15) is 0 Å². The highest BCUT2D eigenvalue weighted by molar-refractivity contribution is 7.92. The lowest BCUT2D eigenvalue weighted by molar-refractivity contribution is 0.0847. The van der Waals surface area contributed by atoms with Crippen LogP contribution < -0.4 is 15.6 Å². The summed E-state index contributed by atoms with van der Waals surface area (Å²) in [5, 5.41) is 1.09. The van der Waals surface area contributed by atoms with E-state index < -0.39 is 21.8 Å². The Morgan fingerprint density at radius 1 is 0.844 bits per heavy atom. The van der Waals surface area contributed by atoms with Gasteiger partial charge < -0.3 is 4.98 Å². The van der Waals surface area contributed by atoms with Gasteiger partial charge in [-0.25, -0.2) is 8.42 Å². The molecule has 0 aliphatic rings. The second kappa shape index (κ2) is 8.74. The summed E-state index contributed by atoms with van der Waals surface area (Å²) in [4.78, 5) is 27.8. The van der Waals surface area contributed by atoms with Gasteiger partial charge in [0.15, 0.2) is 0 Å². The van der Waals surface area contributed by atoms with Gasteiger partial charge in [-0.1, -0.05) is 41.9 Å². The van der Waals surface area contributed by atoms with Crippen molar-refractivity contribution in [2.24, 2.45) is 0 Å². The zero-order chi connectivity index (χ0) is 22.7. The Labute approximate surface area is 188 Å². The molecule has 0 aliphatic heterocycles. The number of para-hydroxylation sites is 1. The van der Waals surface area contributed by atoms with Crippen LogP contribution in [0.15, 0.2) is 83.9 Å². The van der Waals surface area contributed by atoms with E-state index in [1.165, 1.54) is 30.3 Å². The minimum Gasteiger partial charge on any atom is -0.360 e. The summed E-state index contributed by atoms with van der Waals surface area (Å²) in [6.07, 6.45) is 1.54. The minimum absolute atomic E-state index is 0.0539. The standard InChI is InChI=1S/C22H17ClN4O4S/c23-15-6-4-7-16(12-15)27-32(30,31)17-8-3-5-14(11-17)21(28)25-26-22(29)19-13-24-20-10-2-1-9-18(19)20/h1-13,24,27H,(H,25,28)(H,26,29). The molecule has 4 rings (SSSR count). The monoisotopic (exact) mass is 468 g/mol. The molecular formula is C22H17ClN4O4S. The number of nitrogens with one attached hydrogen (secondary N) is 4. The third-order valence-corrected chi connectivity index (χ3v) is 6.22. The van der Waals surface area contributed by atoms with E-state index in [0.29, 0.717) is 21.7 Å². The number of hydrogen-bond donors (Lipinski definition) is 4. The van der Waals surface area contributed by atoms with Crippen molar-refractivity contribution >= 4 is 50.0 Å². The van der Waals surface area contributed by atoms with E-state index in [4.69, 9.17) is 11.6 Å². The Kier molecular flexibility index (Phi) is 5.85. The third-order valence-electron chi connectivity index (χ3n) is 4.61. The fourth-order valence-corrected chi connectivity index (χ4v) is 4.37. The number of rotatable bonds is 5. The molecule has 0 atom stereocenters. The molecule has 4 aromatic rings. The van der Waals surface area contributed by atoms with Crippen molar-refractivity contribution in [3.8, 4) is 0 Å². The van der Waals surface area contributed by atoms with Crippen LogP contribution in [-0.2, 0) is 10.0 Å². The van der Waals surface area contributed by atoms with Crippen LogP contribution in [0.4, 0.5) is 5.69 Å². The predicted molar refractivity (Wildman–Crippen MR) is 122 cm³/mol. The van der Waals surface area contributed by atoms with Gasteiger partial charge in [0, 0.05) is 27.7 Å². The van der Waals surface area contributed by atoms with Crippen molar-refractivity contribution < 1.29 is 18.0 Å². The van der Waals surface area contributed by atoms with Gasteiger partial charge in [-0.05, 0) is 42.5 Å². The number of benzene rings is 3. The summed E-state index contributed by atoms with van der Waals surface area (Å²) < 4.78 is 27.8. The number of sulfonamides is 1. The van der Waals surface area contributed by atoms with E-state index in [9.17, 15) is 18.0 Å². The second-order valence-corrected chi connectivity index (χ2v) is 8.92. The van der Waals surface area contributed by atoms with E-state index >= 15 is 0 Å². The third kappa shape index (κ3) is 4.58. The van der Waals surface area contributed by atoms with E-state index in [2.05, 4.69) is 20.6 Å². The molecule has 3 aromatic carbocycles. The molecule has 8 nitrogen and oxygen atoms in total. The zero-order valence-electron chi connectivity index (χ0n) is 16.4. The molecule has 0 aliphatic carbocycles. The number of fused-ring (bicyclic) bond motifs is 1. The average molecular weight is 469 g/mol. The summed E-state index contributed by atoms with van der Waals surface area (Å²) in [6.45, 7) is 0. The molecule has 1 heterocycles. The van der Waals surface area contributed by atoms with Crippen LogP contribution in [-0.4, -0.2) is 25.2 Å². The first-order valence-electron chi connectivity index (χ1n) is 9.39. The van der Waals surface area contributed by atoms with Crippen molar-refractivity contribution in [3.63, 3.8) is 0 Å². The smallest absolute Gasteiger partial charge is 0.271 e. The molecule has 0 fully saturated rings. The van der Waals surface area contributed by atoms with Gasteiger partial charge in [0.25, 0.3) is 21.8 Å². The van der Waals surface area contributed by atoms with Crippen molar-refractivity contribution in [2.45, 2.75) is 4.90 Å². The average Bonchev–Trinajstić information content (AvgIpc) is 3.21. The Balaban J connectivity index is 1.46. The number of hydrazine groups is 1. The van der Waals surface area contributed by atoms with Crippen molar-refractivity contribution in [3.05, 3.63) is 95.1 Å². The lowest BCUT2D eigenvalue weighted by atomic mass is 10.2. The molecule has 0 spiro atoms. The Morgan fingerprint density at radius 3 is 2.41 bits per heavy atom. The van der Waals surface area contributed by atoms with E-state index in [-0.39, 0.29) is 10.5 Å². The van der Waals surface area contributed by atoms with E-state index in [1.54, 1.807) is 36.5 Å². The quantitative estimate of drug-likeness (QED) is 0.334. The summed E-state index contributed by atoms with van der Waals surface area (Å²) >= 11 is 5.89. The normalized spacial score (nSPS) is 11.2. The van der Waals surface area contributed by atoms with Gasteiger partial charge >= 0.3 is 0 Å². The van der Waals surface area contributed by atoms with Crippen LogP contribution in [0.5, 0.6) is 0 Å². The van der Waals surface area contributed by atoms with Crippen molar-refractivity contribution in [2.75, 3.05) is 4.72 Å². The number of carbonyl (C=O) groups excluding carboxylic acids is 2. The molecule has 10 heteroatoms. The molecule has 4 N–H and O–H groups in total. The summed E-state index contributed by atoms with van der Waals surface area (Å²) in [7, 11) is -3.96. The van der Waals surface area contributed by atoms with E-state index in [0.717, 1.165) is 5.52 Å². The fourth-order valence-electron chi connectivity index (χ4n) is 3.08. The Hall–Kier alpha value is -3.82. The lowest BCUT2D eigenvalue weighted by Crippen LogP contribution is -2.41. The topological polar surface area (TPSA) is 120 Å². The largest absolute Gasteiger partial charge is 0.360 e. The molecule has 162 valence electrons. The first-order chi connectivity index (χ1) is 15.3. The van der Waals surface area contributed by atoms with Crippen LogP contribution in [0.1, 0.15) is 20.7 Å². The highest BCUT2D eigenvalue weighted by Crippen LogP contribution is 2.20. The maximum atomic E-state index is 12.7. The highest BCUT2D eigenvalue weighted by Gasteiger charge is 2.18. The maximum Gasteiger partial charge on any atom is 0.271 e. The number of aromatic nitrogens is 1. The van der Waals surface area contributed by atoms with Crippen LogP contribution in [0.3, 0.4) is 0 Å². The minimum atomic E-state index is -3.96. The molecule has 2 amide bonds. The molecule has 0 bridgehead atoms. The summed E-state index contributed by atoms with van der Waals surface area (Å²) in [5.41, 5.74) is 6.14. The zero-order valence-corrected chi connectivity index (χ0v) is 18.0. The number of H-pyrrole nitrogens is 1. The van der Waals surface area contributed by atoms with Gasteiger partial charge in [-0.15, -0.1) is 0 Å². The Morgan fingerprint density at radius 2 is 1.59 bits per heavy atom. The van der Waals surface area contributed by atoms with Gasteiger partial charge in [0.2, 0.25) is 0 Å². The van der Waals surface area contributed by atoms with Crippen LogP contribution in [0.2, 0.25) is 5.02 Å². The number of amides is 2.